The van der Waals surface area contributed by atoms with E-state index in [0.717, 1.165) is 12.1 Å². The predicted molar refractivity (Wildman–Crippen MR) is 74.0 cm³/mol. The monoisotopic (exact) mass is 371 g/mol. The molecule has 0 radical (unpaired) electrons. The zero-order valence-electron chi connectivity index (χ0n) is 12.8. The Balaban J connectivity index is 2.01. The second kappa shape index (κ2) is 7.11. The lowest BCUT2D eigenvalue weighted by atomic mass is 10.2. The Bertz CT molecular complexity index is 604. The second-order valence-corrected chi connectivity index (χ2v) is 5.68. The molecule has 10 heteroatoms. The van der Waals surface area contributed by atoms with Crippen LogP contribution >= 0.6 is 0 Å². The molecule has 1 N–H and O–H groups in total. The molecule has 0 saturated carbocycles. The summed E-state index contributed by atoms with van der Waals surface area (Å²) in [7, 11) is 0. The van der Waals surface area contributed by atoms with Crippen molar-refractivity contribution in [2.45, 2.75) is 43.9 Å². The molecule has 1 saturated heterocycles. The molecule has 140 valence electrons. The highest BCUT2D eigenvalue weighted by molar-refractivity contribution is 5.73. The number of hydrogen-bond donors (Lipinski definition) is 1. The summed E-state index contributed by atoms with van der Waals surface area (Å²) in [6.07, 6.45) is -14.0. The third-order valence-corrected chi connectivity index (χ3v) is 3.79. The second-order valence-electron chi connectivity index (χ2n) is 5.68. The highest BCUT2D eigenvalue weighted by atomic mass is 19.4. The molecular weight excluding hydrogens is 356 g/mol. The highest BCUT2D eigenvalue weighted by Gasteiger charge is 2.59. The van der Waals surface area contributed by atoms with Crippen LogP contribution in [0.5, 0.6) is 5.75 Å². The SMILES string of the molecule is O=C(O)[C@H]1CCCN1Cc1ccc(OC(F)(F)C(F)C(F)(F)F)cc1. The van der Waals surface area contributed by atoms with Crippen LogP contribution in [0.3, 0.4) is 0 Å². The van der Waals surface area contributed by atoms with Crippen LogP contribution < -0.4 is 4.74 Å². The van der Waals surface area contributed by atoms with E-state index in [1.54, 1.807) is 4.90 Å². The molecule has 0 bridgehead atoms. The van der Waals surface area contributed by atoms with Gasteiger partial charge >= 0.3 is 18.3 Å². The third kappa shape index (κ3) is 4.77. The lowest BCUT2D eigenvalue weighted by molar-refractivity contribution is -0.304. The molecule has 1 aromatic carbocycles. The standard InChI is InChI=1S/C15H15F6NO3/c16-13(14(17,18)19)15(20,21)25-10-5-3-9(4-6-10)8-22-7-1-2-11(22)12(23)24/h3-6,11,13H,1-2,7-8H2,(H,23,24)/t11-,13?/m1/s1. The summed E-state index contributed by atoms with van der Waals surface area (Å²) in [5, 5.41) is 9.08. The molecule has 1 aromatic rings. The molecule has 25 heavy (non-hydrogen) atoms. The minimum absolute atomic E-state index is 0.238. The van der Waals surface area contributed by atoms with Gasteiger partial charge in [0.2, 0.25) is 0 Å². The van der Waals surface area contributed by atoms with E-state index in [0.29, 0.717) is 24.9 Å². The fraction of sp³-hybridized carbons (Fsp3) is 0.533. The maximum Gasteiger partial charge on any atom is 0.439 e. The van der Waals surface area contributed by atoms with Gasteiger partial charge in [-0.1, -0.05) is 12.1 Å². The van der Waals surface area contributed by atoms with Gasteiger partial charge in [-0.05, 0) is 37.1 Å². The number of nitrogens with zero attached hydrogens (tertiary/aromatic N) is 1. The Morgan fingerprint density at radius 3 is 2.36 bits per heavy atom. The number of hydrogen-bond acceptors (Lipinski definition) is 3. The number of aliphatic carboxylic acids is 1. The van der Waals surface area contributed by atoms with Crippen LogP contribution in [0.1, 0.15) is 18.4 Å². The average molecular weight is 371 g/mol. The van der Waals surface area contributed by atoms with Crippen molar-refractivity contribution in [1.29, 1.82) is 0 Å². The van der Waals surface area contributed by atoms with Crippen LogP contribution in [-0.2, 0) is 11.3 Å². The van der Waals surface area contributed by atoms with Crippen LogP contribution in [0.4, 0.5) is 26.3 Å². The number of halogens is 6. The van der Waals surface area contributed by atoms with Gasteiger partial charge in [-0.3, -0.25) is 9.69 Å². The molecule has 4 nitrogen and oxygen atoms in total. The van der Waals surface area contributed by atoms with E-state index in [2.05, 4.69) is 4.74 Å². The molecule has 1 fully saturated rings. The molecule has 0 aliphatic carbocycles. The molecule has 1 heterocycles. The summed E-state index contributed by atoms with van der Waals surface area (Å²) in [6.45, 7) is 0.796. The van der Waals surface area contributed by atoms with Gasteiger partial charge in [0, 0.05) is 6.54 Å². The van der Waals surface area contributed by atoms with Crippen molar-refractivity contribution in [2.24, 2.45) is 0 Å². The molecule has 1 aliphatic rings. The smallest absolute Gasteiger partial charge is 0.439 e. The van der Waals surface area contributed by atoms with E-state index in [-0.39, 0.29) is 6.54 Å². The lowest BCUT2D eigenvalue weighted by Gasteiger charge is -2.23. The van der Waals surface area contributed by atoms with Crippen molar-refractivity contribution >= 4 is 5.97 Å². The molecular formula is C15H15F6NO3. The third-order valence-electron chi connectivity index (χ3n) is 3.79. The fourth-order valence-corrected chi connectivity index (χ4v) is 2.59. The number of likely N-dealkylation sites (tertiary alicyclic amines) is 1. The first kappa shape index (κ1) is 19.4. The van der Waals surface area contributed by atoms with Gasteiger partial charge in [-0.2, -0.15) is 22.0 Å². The average Bonchev–Trinajstić information content (AvgIpc) is 2.95. The lowest BCUT2D eigenvalue weighted by Crippen LogP contribution is -2.45. The van der Waals surface area contributed by atoms with Crippen LogP contribution in [0.15, 0.2) is 24.3 Å². The van der Waals surface area contributed by atoms with Crippen molar-refractivity contribution in [3.8, 4) is 5.75 Å². The van der Waals surface area contributed by atoms with Crippen molar-refractivity contribution in [3.63, 3.8) is 0 Å². The number of ether oxygens (including phenoxy) is 1. The Morgan fingerprint density at radius 1 is 1.24 bits per heavy atom. The van der Waals surface area contributed by atoms with Crippen LogP contribution in [0.2, 0.25) is 0 Å². The molecule has 2 rings (SSSR count). The van der Waals surface area contributed by atoms with E-state index >= 15 is 0 Å². The van der Waals surface area contributed by atoms with Gasteiger partial charge in [-0.15, -0.1) is 0 Å². The van der Waals surface area contributed by atoms with Gasteiger partial charge in [0.15, 0.2) is 0 Å². The predicted octanol–water partition coefficient (Wildman–Crippen LogP) is 3.61. The van der Waals surface area contributed by atoms with Crippen molar-refractivity contribution in [1.82, 2.24) is 4.90 Å². The number of carbonyl (C=O) groups is 1. The number of carboxylic acid groups (broad SMARTS) is 1. The zero-order valence-corrected chi connectivity index (χ0v) is 12.8. The molecule has 2 atom stereocenters. The number of benzene rings is 1. The van der Waals surface area contributed by atoms with Gasteiger partial charge < -0.3 is 9.84 Å². The van der Waals surface area contributed by atoms with Crippen LogP contribution in [0, 0.1) is 0 Å². The summed E-state index contributed by atoms with van der Waals surface area (Å²) < 4.78 is 79.1. The molecule has 0 amide bonds. The number of carboxylic acids is 1. The fourth-order valence-electron chi connectivity index (χ4n) is 2.59. The minimum atomic E-state index is -5.75. The number of alkyl halides is 6. The molecule has 1 aliphatic heterocycles. The molecule has 0 aromatic heterocycles. The van der Waals surface area contributed by atoms with Gasteiger partial charge in [0.25, 0.3) is 6.17 Å². The minimum Gasteiger partial charge on any atom is -0.480 e. The Kier molecular flexibility index (Phi) is 5.50. The molecule has 0 spiro atoms. The first-order valence-electron chi connectivity index (χ1n) is 7.34. The summed E-state index contributed by atoms with van der Waals surface area (Å²) in [6, 6.07) is 3.95. The zero-order chi connectivity index (χ0) is 18.8. The molecule has 1 unspecified atom stereocenters. The van der Waals surface area contributed by atoms with E-state index in [1.807, 2.05) is 0 Å². The summed E-state index contributed by atoms with van der Waals surface area (Å²) in [5.41, 5.74) is 0.566. The highest BCUT2D eigenvalue weighted by Crippen LogP contribution is 2.36. The Hall–Kier alpha value is -1.97. The van der Waals surface area contributed by atoms with Crippen molar-refractivity contribution in [2.75, 3.05) is 6.54 Å². The largest absolute Gasteiger partial charge is 0.480 e. The first-order chi connectivity index (χ1) is 11.5. The quantitative estimate of drug-likeness (QED) is 0.777. The normalized spacial score (nSPS) is 20.5. The van der Waals surface area contributed by atoms with Gasteiger partial charge in [0.05, 0.1) is 0 Å². The van der Waals surface area contributed by atoms with E-state index in [4.69, 9.17) is 5.11 Å². The van der Waals surface area contributed by atoms with Gasteiger partial charge in [0.1, 0.15) is 11.8 Å². The summed E-state index contributed by atoms with van der Waals surface area (Å²) in [5.74, 6) is -1.59. The van der Waals surface area contributed by atoms with E-state index in [9.17, 15) is 31.1 Å². The topological polar surface area (TPSA) is 49.8 Å². The van der Waals surface area contributed by atoms with Crippen LogP contribution in [0.25, 0.3) is 0 Å². The van der Waals surface area contributed by atoms with Crippen molar-refractivity contribution in [3.05, 3.63) is 29.8 Å². The van der Waals surface area contributed by atoms with E-state index < -0.39 is 36.2 Å². The first-order valence-corrected chi connectivity index (χ1v) is 7.34. The number of rotatable bonds is 6. The maximum absolute atomic E-state index is 13.2. The van der Waals surface area contributed by atoms with Crippen LogP contribution in [-0.4, -0.2) is 47.0 Å². The summed E-state index contributed by atoms with van der Waals surface area (Å²) in [4.78, 5) is 12.8. The Morgan fingerprint density at radius 2 is 1.84 bits per heavy atom. The van der Waals surface area contributed by atoms with E-state index in [1.165, 1.54) is 12.1 Å². The maximum atomic E-state index is 13.2. The summed E-state index contributed by atoms with van der Waals surface area (Å²) >= 11 is 0. The van der Waals surface area contributed by atoms with Gasteiger partial charge in [-0.25, -0.2) is 4.39 Å². The van der Waals surface area contributed by atoms with Crippen molar-refractivity contribution < 1.29 is 41.0 Å². The Labute approximate surface area is 139 Å².